The van der Waals surface area contributed by atoms with Gasteiger partial charge in [-0.3, -0.25) is 0 Å². The topological polar surface area (TPSA) is 12.0 Å². The number of rotatable bonds is 8. The summed E-state index contributed by atoms with van der Waals surface area (Å²) in [7, 11) is 0. The van der Waals surface area contributed by atoms with Crippen molar-refractivity contribution in [1.82, 2.24) is 5.32 Å². The highest BCUT2D eigenvalue weighted by Gasteiger charge is 2.32. The molecule has 0 heterocycles. The minimum Gasteiger partial charge on any atom is -0.316 e. The van der Waals surface area contributed by atoms with Crippen LogP contribution in [0.15, 0.2) is 0 Å². The van der Waals surface area contributed by atoms with Gasteiger partial charge in [0.05, 0.1) is 0 Å². The second-order valence-electron chi connectivity index (χ2n) is 7.33. The molecule has 1 nitrogen and oxygen atoms in total. The van der Waals surface area contributed by atoms with Gasteiger partial charge in [0.25, 0.3) is 0 Å². The molecule has 0 amide bonds. The Bertz CT molecular complexity index is 224. The molecule has 0 aromatic heterocycles. The molecule has 1 fully saturated rings. The van der Waals surface area contributed by atoms with Crippen LogP contribution in [0, 0.1) is 29.6 Å². The molecular formula is C18H37N. The minimum absolute atomic E-state index is 0.776. The normalized spacial score (nSPS) is 29.7. The first kappa shape index (κ1) is 17.0. The first-order valence-corrected chi connectivity index (χ1v) is 8.79. The van der Waals surface area contributed by atoms with Crippen LogP contribution in [-0.2, 0) is 0 Å². The predicted molar refractivity (Wildman–Crippen MR) is 86.4 cm³/mol. The van der Waals surface area contributed by atoms with E-state index in [0.717, 1.165) is 29.6 Å². The largest absolute Gasteiger partial charge is 0.316 e. The summed E-state index contributed by atoms with van der Waals surface area (Å²) in [5.74, 6) is 4.61. The van der Waals surface area contributed by atoms with Gasteiger partial charge in [0.15, 0.2) is 0 Å². The van der Waals surface area contributed by atoms with E-state index in [1.807, 2.05) is 0 Å². The Labute approximate surface area is 121 Å². The van der Waals surface area contributed by atoms with Crippen molar-refractivity contribution in [2.24, 2.45) is 29.6 Å². The van der Waals surface area contributed by atoms with Gasteiger partial charge < -0.3 is 5.32 Å². The Morgan fingerprint density at radius 2 is 1.84 bits per heavy atom. The zero-order valence-corrected chi connectivity index (χ0v) is 14.0. The Balaban J connectivity index is 2.49. The lowest BCUT2D eigenvalue weighted by molar-refractivity contribution is 0.118. The molecule has 1 heteroatoms. The van der Waals surface area contributed by atoms with E-state index in [2.05, 4.69) is 39.9 Å². The molecule has 0 aromatic carbocycles. The fraction of sp³-hybridized carbons (Fsp3) is 1.00. The number of nitrogens with one attached hydrogen (secondary N) is 1. The molecule has 0 radical (unpaired) electrons. The summed E-state index contributed by atoms with van der Waals surface area (Å²) in [4.78, 5) is 0. The molecule has 0 bridgehead atoms. The lowest BCUT2D eigenvalue weighted by atomic mass is 9.67. The van der Waals surface area contributed by atoms with Gasteiger partial charge >= 0.3 is 0 Å². The van der Waals surface area contributed by atoms with Crippen LogP contribution in [0.5, 0.6) is 0 Å². The standard InChI is InChI=1S/C18H37N/c1-6-8-15(5)18-11-16(7-2)9-10-17(18)13-19-12-14(3)4/h14-19H,6-13H2,1-5H3. The molecule has 0 aliphatic heterocycles. The van der Waals surface area contributed by atoms with Crippen molar-refractivity contribution in [3.8, 4) is 0 Å². The summed E-state index contributed by atoms with van der Waals surface area (Å²) in [6.45, 7) is 14.3. The van der Waals surface area contributed by atoms with E-state index in [4.69, 9.17) is 0 Å². The summed E-state index contributed by atoms with van der Waals surface area (Å²) in [6, 6.07) is 0. The lowest BCUT2D eigenvalue weighted by Gasteiger charge is -2.40. The van der Waals surface area contributed by atoms with E-state index >= 15 is 0 Å². The number of hydrogen-bond acceptors (Lipinski definition) is 1. The average molecular weight is 268 g/mol. The van der Waals surface area contributed by atoms with Crippen LogP contribution in [-0.4, -0.2) is 13.1 Å². The summed E-state index contributed by atoms with van der Waals surface area (Å²) in [6.07, 6.45) is 8.58. The molecule has 4 unspecified atom stereocenters. The molecule has 0 spiro atoms. The molecule has 1 rings (SSSR count). The van der Waals surface area contributed by atoms with Crippen LogP contribution < -0.4 is 5.32 Å². The maximum absolute atomic E-state index is 3.71. The van der Waals surface area contributed by atoms with Gasteiger partial charge in [-0.05, 0) is 55.5 Å². The van der Waals surface area contributed by atoms with E-state index in [1.54, 1.807) is 0 Å². The molecule has 1 aliphatic carbocycles. The van der Waals surface area contributed by atoms with Crippen LogP contribution in [0.1, 0.15) is 73.1 Å². The van der Waals surface area contributed by atoms with Crippen molar-refractivity contribution in [3.63, 3.8) is 0 Å². The second kappa shape index (κ2) is 9.00. The second-order valence-corrected chi connectivity index (χ2v) is 7.33. The van der Waals surface area contributed by atoms with Gasteiger partial charge in [-0.25, -0.2) is 0 Å². The Hall–Kier alpha value is -0.0400. The summed E-state index contributed by atoms with van der Waals surface area (Å²) >= 11 is 0. The van der Waals surface area contributed by atoms with Gasteiger partial charge in [0, 0.05) is 0 Å². The summed E-state index contributed by atoms with van der Waals surface area (Å²) in [5.41, 5.74) is 0. The molecular weight excluding hydrogens is 230 g/mol. The van der Waals surface area contributed by atoms with Crippen molar-refractivity contribution in [2.75, 3.05) is 13.1 Å². The lowest BCUT2D eigenvalue weighted by Crippen LogP contribution is -2.37. The molecule has 114 valence electrons. The van der Waals surface area contributed by atoms with Gasteiger partial charge in [-0.15, -0.1) is 0 Å². The maximum Gasteiger partial charge on any atom is -0.00177 e. The fourth-order valence-corrected chi connectivity index (χ4v) is 3.91. The maximum atomic E-state index is 3.71. The molecule has 1 N–H and O–H groups in total. The van der Waals surface area contributed by atoms with E-state index in [-0.39, 0.29) is 0 Å². The van der Waals surface area contributed by atoms with Crippen LogP contribution in [0.4, 0.5) is 0 Å². The van der Waals surface area contributed by atoms with Crippen LogP contribution in [0.25, 0.3) is 0 Å². The molecule has 1 saturated carbocycles. The average Bonchev–Trinajstić information content (AvgIpc) is 2.38. The van der Waals surface area contributed by atoms with E-state index in [1.165, 1.54) is 51.6 Å². The summed E-state index contributed by atoms with van der Waals surface area (Å²) < 4.78 is 0. The van der Waals surface area contributed by atoms with Crippen molar-refractivity contribution < 1.29 is 0 Å². The first-order valence-electron chi connectivity index (χ1n) is 8.79. The van der Waals surface area contributed by atoms with Gasteiger partial charge in [-0.1, -0.05) is 60.3 Å². The highest BCUT2D eigenvalue weighted by Crippen LogP contribution is 2.40. The monoisotopic (exact) mass is 267 g/mol. The Kier molecular flexibility index (Phi) is 8.06. The molecule has 0 aromatic rings. The Morgan fingerprint density at radius 3 is 2.42 bits per heavy atom. The molecule has 4 atom stereocenters. The predicted octanol–water partition coefficient (Wildman–Crippen LogP) is 5.11. The first-order chi connectivity index (χ1) is 9.08. The van der Waals surface area contributed by atoms with E-state index < -0.39 is 0 Å². The van der Waals surface area contributed by atoms with Crippen molar-refractivity contribution in [1.29, 1.82) is 0 Å². The third-order valence-corrected chi connectivity index (χ3v) is 5.17. The van der Waals surface area contributed by atoms with E-state index in [0.29, 0.717) is 0 Å². The zero-order valence-electron chi connectivity index (χ0n) is 14.0. The quantitative estimate of drug-likeness (QED) is 0.644. The van der Waals surface area contributed by atoms with Crippen molar-refractivity contribution in [3.05, 3.63) is 0 Å². The van der Waals surface area contributed by atoms with Gasteiger partial charge in [0.1, 0.15) is 0 Å². The molecule has 1 aliphatic rings. The highest BCUT2D eigenvalue weighted by molar-refractivity contribution is 4.84. The molecule has 19 heavy (non-hydrogen) atoms. The SMILES string of the molecule is CCCC(C)C1CC(CC)CCC1CNCC(C)C. The fourth-order valence-electron chi connectivity index (χ4n) is 3.91. The van der Waals surface area contributed by atoms with Gasteiger partial charge in [-0.2, -0.15) is 0 Å². The zero-order chi connectivity index (χ0) is 14.3. The van der Waals surface area contributed by atoms with E-state index in [9.17, 15) is 0 Å². The van der Waals surface area contributed by atoms with Gasteiger partial charge in [0.2, 0.25) is 0 Å². The summed E-state index contributed by atoms with van der Waals surface area (Å²) in [5, 5.41) is 3.71. The number of hydrogen-bond donors (Lipinski definition) is 1. The van der Waals surface area contributed by atoms with Crippen LogP contribution in [0.3, 0.4) is 0 Å². The third kappa shape index (κ3) is 5.85. The minimum atomic E-state index is 0.776. The van der Waals surface area contributed by atoms with Crippen LogP contribution >= 0.6 is 0 Å². The highest BCUT2D eigenvalue weighted by atomic mass is 14.9. The third-order valence-electron chi connectivity index (χ3n) is 5.17. The van der Waals surface area contributed by atoms with Crippen molar-refractivity contribution in [2.45, 2.75) is 73.1 Å². The van der Waals surface area contributed by atoms with Crippen molar-refractivity contribution >= 4 is 0 Å². The smallest absolute Gasteiger partial charge is 0.00177 e. The molecule has 0 saturated heterocycles. The Morgan fingerprint density at radius 1 is 1.11 bits per heavy atom. The van der Waals surface area contributed by atoms with Crippen LogP contribution in [0.2, 0.25) is 0 Å².